The van der Waals surface area contributed by atoms with Gasteiger partial charge in [0.25, 0.3) is 0 Å². The molecule has 0 saturated heterocycles. The third kappa shape index (κ3) is 5.07. The Morgan fingerprint density at radius 2 is 2.03 bits per heavy atom. The molecule has 0 fully saturated rings. The maximum Gasteiger partial charge on any atom is 0.425 e. The van der Waals surface area contributed by atoms with Gasteiger partial charge < -0.3 is 19.9 Å². The lowest BCUT2D eigenvalue weighted by molar-refractivity contribution is -0.189. The van der Waals surface area contributed by atoms with E-state index in [1.165, 1.54) is 4.57 Å². The number of nitrogens with zero attached hydrogens (tertiary/aromatic N) is 4. The van der Waals surface area contributed by atoms with Crippen LogP contribution in [0, 0.1) is 19.7 Å². The van der Waals surface area contributed by atoms with E-state index < -0.39 is 41.5 Å². The largest absolute Gasteiger partial charge is 0.481 e. The number of halogens is 4. The molecule has 2 atom stereocenters. The fraction of sp³-hybridized carbons (Fsp3) is 0.435. The van der Waals surface area contributed by atoms with Crippen molar-refractivity contribution < 1.29 is 32.1 Å². The van der Waals surface area contributed by atoms with Gasteiger partial charge in [-0.15, -0.1) is 5.10 Å². The maximum absolute atomic E-state index is 15.3. The number of aliphatic hydroxyl groups is 1. The second kappa shape index (κ2) is 9.90. The molecule has 0 aliphatic carbocycles. The minimum Gasteiger partial charge on any atom is -0.481 e. The number of rotatable bonds is 6. The summed E-state index contributed by atoms with van der Waals surface area (Å²) in [6.45, 7) is 4.96. The van der Waals surface area contributed by atoms with Crippen molar-refractivity contribution in [1.29, 1.82) is 0 Å². The van der Waals surface area contributed by atoms with Gasteiger partial charge in [-0.05, 0) is 44.9 Å². The highest BCUT2D eigenvalue weighted by Crippen LogP contribution is 2.35. The molecule has 13 heteroatoms. The number of aryl methyl sites for hydroxylation is 2. The lowest BCUT2D eigenvalue weighted by Gasteiger charge is -2.24. The molecule has 194 valence electrons. The molecule has 1 aromatic carbocycles. The van der Waals surface area contributed by atoms with Crippen LogP contribution in [0.4, 0.5) is 23.2 Å². The van der Waals surface area contributed by atoms with Gasteiger partial charge in [-0.3, -0.25) is 9.55 Å². The van der Waals surface area contributed by atoms with E-state index in [9.17, 15) is 23.1 Å². The average molecular weight is 511 g/mol. The fourth-order valence-corrected chi connectivity index (χ4v) is 3.83. The first-order chi connectivity index (χ1) is 17.0. The Morgan fingerprint density at radius 1 is 1.28 bits per heavy atom. The van der Waals surface area contributed by atoms with Gasteiger partial charge in [-0.2, -0.15) is 17.9 Å². The van der Waals surface area contributed by atoms with Crippen molar-refractivity contribution in [3.05, 3.63) is 63.3 Å². The van der Waals surface area contributed by atoms with E-state index in [1.807, 2.05) is 0 Å². The van der Waals surface area contributed by atoms with Crippen LogP contribution in [0.3, 0.4) is 0 Å². The number of alkyl halides is 3. The topological polar surface area (TPSA) is 103 Å². The first kappa shape index (κ1) is 25.6. The van der Waals surface area contributed by atoms with Gasteiger partial charge in [0.15, 0.2) is 18.2 Å². The lowest BCUT2D eigenvalue weighted by atomic mass is 10.1. The molecule has 1 aliphatic rings. The number of ether oxygens (including phenoxy) is 2. The van der Waals surface area contributed by atoms with Crippen molar-refractivity contribution in [3.8, 4) is 11.4 Å². The van der Waals surface area contributed by atoms with E-state index in [0.717, 1.165) is 23.7 Å². The van der Waals surface area contributed by atoms with Crippen LogP contribution in [0.5, 0.6) is 5.75 Å². The molecule has 1 unspecified atom stereocenters. The van der Waals surface area contributed by atoms with Crippen molar-refractivity contribution in [2.24, 2.45) is 0 Å². The van der Waals surface area contributed by atoms with E-state index in [-0.39, 0.29) is 18.0 Å². The summed E-state index contributed by atoms with van der Waals surface area (Å²) in [5.41, 5.74) is 0.265. The molecule has 1 aliphatic heterocycles. The van der Waals surface area contributed by atoms with Gasteiger partial charge in [0.05, 0.1) is 11.4 Å². The number of benzene rings is 1. The zero-order chi connectivity index (χ0) is 26.2. The van der Waals surface area contributed by atoms with Crippen molar-refractivity contribution in [2.75, 3.05) is 11.9 Å². The number of anilines is 1. The summed E-state index contributed by atoms with van der Waals surface area (Å²) in [5.74, 6) is -1.20. The zero-order valence-corrected chi connectivity index (χ0v) is 19.8. The molecule has 2 aromatic heterocycles. The molecule has 36 heavy (non-hydrogen) atoms. The number of hydrogen-bond donors (Lipinski definition) is 2. The minimum absolute atomic E-state index is 0.0306. The van der Waals surface area contributed by atoms with E-state index >= 15 is 4.39 Å². The van der Waals surface area contributed by atoms with E-state index in [1.54, 1.807) is 26.1 Å². The van der Waals surface area contributed by atoms with Crippen molar-refractivity contribution >= 4 is 5.69 Å². The first-order valence-electron chi connectivity index (χ1n) is 11.2. The van der Waals surface area contributed by atoms with Gasteiger partial charge in [-0.1, -0.05) is 0 Å². The molecule has 0 saturated carbocycles. The van der Waals surface area contributed by atoms with E-state index in [0.29, 0.717) is 36.5 Å². The summed E-state index contributed by atoms with van der Waals surface area (Å²) in [6, 6.07) is 3.42. The second-order valence-electron chi connectivity index (χ2n) is 8.45. The normalized spacial score (nSPS) is 15.7. The minimum atomic E-state index is -4.74. The summed E-state index contributed by atoms with van der Waals surface area (Å²) in [5, 5.41) is 17.7. The molecule has 0 radical (unpaired) electrons. The number of aromatic nitrogens is 4. The Labute approximate surface area is 203 Å². The third-order valence-corrected chi connectivity index (χ3v) is 5.84. The SMILES string of the molecule is Cc1ccnc(C)c1NC(O)c1cc(F)c(-n2nc3n(c2=O)CCCOC3)cc1O[C@@H](C)C(F)(F)F. The Hall–Kier alpha value is -3.45. The summed E-state index contributed by atoms with van der Waals surface area (Å²) < 4.78 is 67.8. The number of pyridine rings is 1. The summed E-state index contributed by atoms with van der Waals surface area (Å²) in [4.78, 5) is 17.0. The molecule has 3 aromatic rings. The highest BCUT2D eigenvalue weighted by atomic mass is 19.4. The van der Waals surface area contributed by atoms with Gasteiger partial charge in [-0.25, -0.2) is 9.18 Å². The van der Waals surface area contributed by atoms with Gasteiger partial charge >= 0.3 is 11.9 Å². The van der Waals surface area contributed by atoms with Crippen LogP contribution >= 0.6 is 0 Å². The summed E-state index contributed by atoms with van der Waals surface area (Å²) >= 11 is 0. The molecule has 0 spiro atoms. The molecule has 3 heterocycles. The molecular weight excluding hydrogens is 486 g/mol. The fourth-order valence-electron chi connectivity index (χ4n) is 3.83. The van der Waals surface area contributed by atoms with Crippen LogP contribution < -0.4 is 15.7 Å². The standard InChI is InChI=1S/C23H25F4N5O4/c1-12-5-6-28-13(2)20(12)29-21(33)15-9-16(24)17(10-18(15)36-14(3)23(25,26)27)32-22(34)31-7-4-8-35-11-19(31)30-32/h5-6,9-10,14,21,29,33H,4,7-8,11H2,1-3H3/t14-,21?/m0/s1. The van der Waals surface area contributed by atoms with Gasteiger partial charge in [0, 0.05) is 31.0 Å². The average Bonchev–Trinajstić information content (AvgIpc) is 2.96. The first-order valence-corrected chi connectivity index (χ1v) is 11.2. The monoisotopic (exact) mass is 511 g/mol. The van der Waals surface area contributed by atoms with E-state index in [2.05, 4.69) is 15.4 Å². The van der Waals surface area contributed by atoms with Crippen molar-refractivity contribution in [1.82, 2.24) is 19.3 Å². The Balaban J connectivity index is 1.80. The Kier molecular flexibility index (Phi) is 7.05. The van der Waals surface area contributed by atoms with Crippen LogP contribution in [-0.4, -0.2) is 43.3 Å². The highest BCUT2D eigenvalue weighted by molar-refractivity contribution is 5.56. The molecule has 9 nitrogen and oxygen atoms in total. The molecule has 0 bridgehead atoms. The predicted octanol–water partition coefficient (Wildman–Crippen LogP) is 3.54. The summed E-state index contributed by atoms with van der Waals surface area (Å²) in [7, 11) is 0. The Bertz CT molecular complexity index is 1300. The number of fused-ring (bicyclic) bond motifs is 1. The smallest absolute Gasteiger partial charge is 0.425 e. The third-order valence-electron chi connectivity index (χ3n) is 5.84. The molecule has 0 amide bonds. The quantitative estimate of drug-likeness (QED) is 0.386. The maximum atomic E-state index is 15.3. The van der Waals surface area contributed by atoms with Crippen LogP contribution in [0.15, 0.2) is 29.2 Å². The lowest BCUT2D eigenvalue weighted by Crippen LogP contribution is -2.32. The summed E-state index contributed by atoms with van der Waals surface area (Å²) in [6.07, 6.45) is -6.57. The molecule has 2 N–H and O–H groups in total. The van der Waals surface area contributed by atoms with Crippen molar-refractivity contribution in [2.45, 2.75) is 58.9 Å². The van der Waals surface area contributed by atoms with Crippen molar-refractivity contribution in [3.63, 3.8) is 0 Å². The van der Waals surface area contributed by atoms with Crippen LogP contribution in [0.2, 0.25) is 0 Å². The number of aliphatic hydroxyl groups excluding tert-OH is 1. The predicted molar refractivity (Wildman–Crippen MR) is 120 cm³/mol. The van der Waals surface area contributed by atoms with Crippen LogP contribution in [0.25, 0.3) is 5.69 Å². The van der Waals surface area contributed by atoms with E-state index in [4.69, 9.17) is 9.47 Å². The Morgan fingerprint density at radius 3 is 2.72 bits per heavy atom. The number of hydrogen-bond acceptors (Lipinski definition) is 7. The molecule has 4 rings (SSSR count). The number of nitrogens with one attached hydrogen (secondary N) is 1. The van der Waals surface area contributed by atoms with Crippen LogP contribution in [0.1, 0.15) is 42.2 Å². The molecular formula is C23H25F4N5O4. The zero-order valence-electron chi connectivity index (χ0n) is 19.8. The van der Waals surface area contributed by atoms with Gasteiger partial charge in [0.2, 0.25) is 0 Å². The second-order valence-corrected chi connectivity index (χ2v) is 8.45. The van der Waals surface area contributed by atoms with Gasteiger partial charge in [0.1, 0.15) is 23.9 Å². The highest BCUT2D eigenvalue weighted by Gasteiger charge is 2.39. The van der Waals surface area contributed by atoms with Crippen LogP contribution in [-0.2, 0) is 17.9 Å².